The second-order valence-corrected chi connectivity index (χ2v) is 8.42. The Labute approximate surface area is 184 Å². The van der Waals surface area contributed by atoms with Crippen LogP contribution in [0.4, 0.5) is 4.39 Å². The number of hydrogen-bond donors (Lipinski definition) is 1. The molecule has 0 aliphatic carbocycles. The van der Waals surface area contributed by atoms with E-state index in [-0.39, 0.29) is 17.8 Å². The third-order valence-electron chi connectivity index (χ3n) is 5.24. The van der Waals surface area contributed by atoms with Gasteiger partial charge in [0.25, 0.3) is 5.91 Å². The second kappa shape index (κ2) is 8.95. The first-order chi connectivity index (χ1) is 15.0. The molecule has 1 N–H and O–H groups in total. The molecule has 3 aromatic heterocycles. The fourth-order valence-corrected chi connectivity index (χ4v) is 4.30. The first-order valence-electron chi connectivity index (χ1n) is 10.1. The zero-order valence-electron chi connectivity index (χ0n) is 17.7. The summed E-state index contributed by atoms with van der Waals surface area (Å²) in [4.78, 5) is 20.9. The summed E-state index contributed by atoms with van der Waals surface area (Å²) in [5.74, 6) is -0.497. The van der Waals surface area contributed by atoms with Crippen LogP contribution in [0.15, 0.2) is 54.0 Å². The van der Waals surface area contributed by atoms with Crippen molar-refractivity contribution in [3.8, 4) is 10.6 Å². The molecule has 0 saturated heterocycles. The highest BCUT2D eigenvalue weighted by Crippen LogP contribution is 2.28. The minimum atomic E-state index is -0.293. The van der Waals surface area contributed by atoms with E-state index in [0.717, 1.165) is 16.1 Å². The number of amides is 1. The molecule has 0 bridgehead atoms. The van der Waals surface area contributed by atoms with Crippen LogP contribution in [0.2, 0.25) is 0 Å². The highest BCUT2D eigenvalue weighted by molar-refractivity contribution is 7.13. The summed E-state index contributed by atoms with van der Waals surface area (Å²) in [5.41, 5.74) is 2.78. The number of rotatable bonds is 7. The number of carbonyl (C=O) groups excluding carboxylic acids is 1. The van der Waals surface area contributed by atoms with Gasteiger partial charge in [-0.3, -0.25) is 4.79 Å². The third-order valence-corrected chi connectivity index (χ3v) is 6.13. The van der Waals surface area contributed by atoms with Gasteiger partial charge in [-0.15, -0.1) is 11.3 Å². The molecule has 0 spiro atoms. The van der Waals surface area contributed by atoms with Crippen molar-refractivity contribution in [3.05, 3.63) is 71.0 Å². The third kappa shape index (κ3) is 4.35. The van der Waals surface area contributed by atoms with Gasteiger partial charge in [-0.25, -0.2) is 14.1 Å². The minimum absolute atomic E-state index is 0.160. The molecule has 0 aliphatic rings. The van der Waals surface area contributed by atoms with E-state index in [2.05, 4.69) is 10.4 Å². The Kier molecular flexibility index (Phi) is 6.11. The van der Waals surface area contributed by atoms with Gasteiger partial charge in [-0.1, -0.05) is 18.2 Å². The van der Waals surface area contributed by atoms with Crippen molar-refractivity contribution in [1.82, 2.24) is 25.0 Å². The predicted octanol–water partition coefficient (Wildman–Crippen LogP) is 4.35. The second-order valence-electron chi connectivity index (χ2n) is 7.47. The first kappa shape index (κ1) is 21.1. The van der Waals surface area contributed by atoms with Gasteiger partial charge >= 0.3 is 0 Å². The lowest BCUT2D eigenvalue weighted by molar-refractivity contribution is 0.0943. The molecule has 0 saturated carbocycles. The number of halogens is 1. The Bertz CT molecular complexity index is 1200. The van der Waals surface area contributed by atoms with Crippen LogP contribution in [-0.4, -0.2) is 46.2 Å². The van der Waals surface area contributed by atoms with E-state index in [0.29, 0.717) is 29.7 Å². The smallest absolute Gasteiger partial charge is 0.252 e. The molecule has 31 heavy (non-hydrogen) atoms. The Morgan fingerprint density at radius 3 is 2.77 bits per heavy atom. The molecular formula is C23H24FN5OS. The molecule has 1 aromatic carbocycles. The quantitative estimate of drug-likeness (QED) is 0.467. The normalized spacial score (nSPS) is 12.4. The highest BCUT2D eigenvalue weighted by atomic mass is 32.1. The van der Waals surface area contributed by atoms with E-state index in [4.69, 9.17) is 4.98 Å². The zero-order valence-corrected chi connectivity index (χ0v) is 18.5. The number of nitrogens with zero attached hydrogens (tertiary/aromatic N) is 4. The van der Waals surface area contributed by atoms with Crippen molar-refractivity contribution in [2.75, 3.05) is 20.6 Å². The number of thiophene rings is 1. The molecule has 4 rings (SSSR count). The van der Waals surface area contributed by atoms with Gasteiger partial charge in [0.2, 0.25) is 0 Å². The first-order valence-corrected chi connectivity index (χ1v) is 11.0. The van der Waals surface area contributed by atoms with Gasteiger partial charge in [0.15, 0.2) is 5.65 Å². The number of aryl methyl sites for hydroxylation is 1. The summed E-state index contributed by atoms with van der Waals surface area (Å²) in [7, 11) is 3.82. The number of fused-ring (bicyclic) bond motifs is 1. The predicted molar refractivity (Wildman–Crippen MR) is 122 cm³/mol. The van der Waals surface area contributed by atoms with Gasteiger partial charge in [0.1, 0.15) is 5.82 Å². The van der Waals surface area contributed by atoms with Crippen molar-refractivity contribution in [3.63, 3.8) is 0 Å². The molecule has 6 nitrogen and oxygen atoms in total. The molecule has 0 radical (unpaired) electrons. The van der Waals surface area contributed by atoms with Gasteiger partial charge in [0.05, 0.1) is 33.8 Å². The number of likely N-dealkylation sites (N-methyl/N-ethyl adjacent to an activating group) is 1. The molecule has 1 amide bonds. The van der Waals surface area contributed by atoms with Gasteiger partial charge in [-0.2, -0.15) is 5.10 Å². The van der Waals surface area contributed by atoms with Crippen LogP contribution in [0.25, 0.3) is 21.6 Å². The summed E-state index contributed by atoms with van der Waals surface area (Å²) in [6.07, 6.45) is 1.69. The maximum absolute atomic E-state index is 13.7. The molecule has 8 heteroatoms. The van der Waals surface area contributed by atoms with Crippen LogP contribution < -0.4 is 5.32 Å². The topological polar surface area (TPSA) is 63.1 Å². The number of carbonyl (C=O) groups is 1. The monoisotopic (exact) mass is 437 g/mol. The van der Waals surface area contributed by atoms with E-state index >= 15 is 0 Å². The largest absolute Gasteiger partial charge is 0.350 e. The highest BCUT2D eigenvalue weighted by Gasteiger charge is 2.20. The summed E-state index contributed by atoms with van der Waals surface area (Å²) in [5, 5.41) is 10.1. The fourth-order valence-electron chi connectivity index (χ4n) is 3.61. The molecular weight excluding hydrogens is 413 g/mol. The summed E-state index contributed by atoms with van der Waals surface area (Å²) in [6.45, 7) is 3.00. The Morgan fingerprint density at radius 2 is 2.10 bits per heavy atom. The van der Waals surface area contributed by atoms with Gasteiger partial charge < -0.3 is 10.2 Å². The lowest BCUT2D eigenvalue weighted by atomic mass is 10.1. The number of nitrogens with one attached hydrogen (secondary N) is 1. The van der Waals surface area contributed by atoms with E-state index < -0.39 is 0 Å². The molecule has 3 heterocycles. The van der Waals surface area contributed by atoms with Crippen LogP contribution in [0.5, 0.6) is 0 Å². The van der Waals surface area contributed by atoms with Crippen LogP contribution in [0.1, 0.15) is 28.9 Å². The van der Waals surface area contributed by atoms with Crippen molar-refractivity contribution in [1.29, 1.82) is 0 Å². The average molecular weight is 438 g/mol. The Hall–Kier alpha value is -3.10. The van der Waals surface area contributed by atoms with Crippen LogP contribution in [0.3, 0.4) is 0 Å². The van der Waals surface area contributed by atoms with Crippen molar-refractivity contribution in [2.45, 2.75) is 19.5 Å². The van der Waals surface area contributed by atoms with E-state index in [1.807, 2.05) is 55.6 Å². The summed E-state index contributed by atoms with van der Waals surface area (Å²) in [6, 6.07) is 12.1. The average Bonchev–Trinajstić information content (AvgIpc) is 3.42. The maximum Gasteiger partial charge on any atom is 0.252 e. The molecule has 0 fully saturated rings. The van der Waals surface area contributed by atoms with Gasteiger partial charge in [-0.05, 0) is 56.2 Å². The lowest BCUT2D eigenvalue weighted by Gasteiger charge is -2.25. The molecule has 0 aliphatic heterocycles. The maximum atomic E-state index is 13.7. The minimum Gasteiger partial charge on any atom is -0.350 e. The molecule has 1 atom stereocenters. The number of pyridine rings is 1. The number of aromatic nitrogens is 3. The zero-order chi connectivity index (χ0) is 22.0. The number of hydrogen-bond acceptors (Lipinski definition) is 5. The molecule has 1 unspecified atom stereocenters. The number of benzene rings is 1. The summed E-state index contributed by atoms with van der Waals surface area (Å²) >= 11 is 1.58. The van der Waals surface area contributed by atoms with Crippen LogP contribution in [0, 0.1) is 5.82 Å². The van der Waals surface area contributed by atoms with Crippen molar-refractivity contribution >= 4 is 28.3 Å². The van der Waals surface area contributed by atoms with Crippen molar-refractivity contribution < 1.29 is 9.18 Å². The van der Waals surface area contributed by atoms with Crippen LogP contribution in [-0.2, 0) is 6.54 Å². The van der Waals surface area contributed by atoms with Crippen LogP contribution >= 0.6 is 11.3 Å². The fraction of sp³-hybridized carbons (Fsp3) is 0.261. The van der Waals surface area contributed by atoms with Gasteiger partial charge in [0, 0.05) is 13.1 Å². The summed E-state index contributed by atoms with van der Waals surface area (Å²) < 4.78 is 15.5. The molecule has 4 aromatic rings. The Morgan fingerprint density at radius 1 is 1.26 bits per heavy atom. The SMILES string of the molecule is CCn1ncc2c(C(=O)NCC(c3cccc(F)c3)N(C)C)cc(-c3cccs3)nc21. The standard InChI is InChI=1S/C23H24FN5OS/c1-4-29-22-18(13-26-29)17(12-19(27-22)21-9-6-10-31-21)23(30)25-14-20(28(2)3)15-7-5-8-16(24)11-15/h5-13,20H,4,14H2,1-3H3,(H,25,30). The lowest BCUT2D eigenvalue weighted by Crippen LogP contribution is -2.34. The van der Waals surface area contributed by atoms with E-state index in [1.54, 1.807) is 28.3 Å². The molecule has 160 valence electrons. The van der Waals surface area contributed by atoms with E-state index in [9.17, 15) is 9.18 Å². The van der Waals surface area contributed by atoms with Crippen molar-refractivity contribution in [2.24, 2.45) is 0 Å². The Balaban J connectivity index is 1.66. The van der Waals surface area contributed by atoms with E-state index in [1.165, 1.54) is 12.1 Å².